The van der Waals surface area contributed by atoms with Crippen molar-refractivity contribution >= 4 is 27.5 Å². The number of carbonyl (C=O) groups excluding carboxylic acids is 2. The van der Waals surface area contributed by atoms with Crippen molar-refractivity contribution in [1.29, 1.82) is 0 Å². The summed E-state index contributed by atoms with van der Waals surface area (Å²) in [5, 5.41) is 18.0. The van der Waals surface area contributed by atoms with Crippen LogP contribution < -0.4 is 15.1 Å². The summed E-state index contributed by atoms with van der Waals surface area (Å²) in [4.78, 5) is 26.5. The number of nitrogens with one attached hydrogen (secondary N) is 1. The molecule has 2 aromatic carbocycles. The van der Waals surface area contributed by atoms with Gasteiger partial charge in [-0.2, -0.15) is 4.31 Å². The summed E-state index contributed by atoms with van der Waals surface area (Å²) in [7, 11) is -4.23. The molecule has 0 aromatic heterocycles. The Labute approximate surface area is 197 Å². The molecule has 0 spiro atoms. The number of sulfonamides is 1. The first kappa shape index (κ1) is 25.2. The van der Waals surface area contributed by atoms with Crippen LogP contribution in [-0.2, 0) is 26.2 Å². The third kappa shape index (κ3) is 5.37. The van der Waals surface area contributed by atoms with Crippen LogP contribution in [-0.4, -0.2) is 60.7 Å². The molecule has 0 radical (unpaired) electrons. The molecule has 0 aliphatic carbocycles. The Morgan fingerprint density at radius 2 is 1.85 bits per heavy atom. The number of fused-ring (bicyclic) bond motifs is 1. The number of carbonyl (C=O) groups is 2. The van der Waals surface area contributed by atoms with E-state index >= 15 is 0 Å². The summed E-state index contributed by atoms with van der Waals surface area (Å²) < 4.78 is 33.6. The number of benzene rings is 2. The average molecular weight is 488 g/mol. The first-order valence-corrected chi connectivity index (χ1v) is 11.9. The molecule has 10 nitrogen and oxygen atoms in total. The van der Waals surface area contributed by atoms with Crippen molar-refractivity contribution in [2.45, 2.75) is 30.8 Å². The van der Waals surface area contributed by atoms with E-state index in [0.717, 1.165) is 4.31 Å². The molecular formula is C23H25N3O7S. The highest BCUT2D eigenvalue weighted by molar-refractivity contribution is 7.89. The molecule has 0 saturated carbocycles. The summed E-state index contributed by atoms with van der Waals surface area (Å²) in [6.07, 6.45) is 0.151. The van der Waals surface area contributed by atoms with Crippen molar-refractivity contribution in [2.75, 3.05) is 24.7 Å². The van der Waals surface area contributed by atoms with Crippen molar-refractivity contribution in [3.8, 4) is 17.6 Å². The van der Waals surface area contributed by atoms with Gasteiger partial charge in [0.15, 0.2) is 0 Å². The van der Waals surface area contributed by atoms with E-state index in [1.54, 1.807) is 31.2 Å². The maximum Gasteiger partial charge on any atom is 0.263 e. The smallest absolute Gasteiger partial charge is 0.263 e. The van der Waals surface area contributed by atoms with Gasteiger partial charge < -0.3 is 14.7 Å². The lowest BCUT2D eigenvalue weighted by Gasteiger charge is -2.29. The van der Waals surface area contributed by atoms with E-state index in [4.69, 9.17) is 9.84 Å². The highest BCUT2D eigenvalue weighted by Crippen LogP contribution is 2.32. The summed E-state index contributed by atoms with van der Waals surface area (Å²) in [5.74, 6) is 4.17. The van der Waals surface area contributed by atoms with Crippen LogP contribution >= 0.6 is 0 Å². The Morgan fingerprint density at radius 3 is 2.50 bits per heavy atom. The molecule has 3 rings (SSSR count). The number of rotatable bonds is 6. The minimum atomic E-state index is -4.23. The van der Waals surface area contributed by atoms with Crippen LogP contribution in [0.5, 0.6) is 5.75 Å². The van der Waals surface area contributed by atoms with E-state index in [1.165, 1.54) is 34.6 Å². The minimum Gasteiger partial charge on any atom is -0.481 e. The predicted octanol–water partition coefficient (Wildman–Crippen LogP) is 0.883. The molecule has 0 fully saturated rings. The molecule has 1 aliphatic heterocycles. The monoisotopic (exact) mass is 487 g/mol. The zero-order valence-electron chi connectivity index (χ0n) is 18.5. The van der Waals surface area contributed by atoms with E-state index in [1.807, 2.05) is 0 Å². The molecule has 180 valence electrons. The third-order valence-electron chi connectivity index (χ3n) is 5.27. The molecule has 2 amide bonds. The quantitative estimate of drug-likeness (QED) is 0.313. The lowest BCUT2D eigenvalue weighted by molar-refractivity contribution is -0.133. The predicted molar refractivity (Wildman–Crippen MR) is 122 cm³/mol. The summed E-state index contributed by atoms with van der Waals surface area (Å²) in [6.45, 7) is 0.961. The maximum absolute atomic E-state index is 13.6. The second-order valence-electron chi connectivity index (χ2n) is 7.30. The van der Waals surface area contributed by atoms with Gasteiger partial charge in [-0.15, -0.1) is 0 Å². The van der Waals surface area contributed by atoms with E-state index in [-0.39, 0.29) is 43.5 Å². The van der Waals surface area contributed by atoms with Crippen molar-refractivity contribution in [1.82, 2.24) is 9.79 Å². The number of hydroxylamine groups is 1. The molecule has 1 heterocycles. The van der Waals surface area contributed by atoms with Gasteiger partial charge in [0.05, 0.1) is 11.4 Å². The topological polar surface area (TPSA) is 136 Å². The van der Waals surface area contributed by atoms with Crippen LogP contribution in [0.4, 0.5) is 5.69 Å². The van der Waals surface area contributed by atoms with E-state index in [2.05, 4.69) is 11.8 Å². The number of anilines is 1. The van der Waals surface area contributed by atoms with Crippen LogP contribution in [0.1, 0.15) is 18.9 Å². The van der Waals surface area contributed by atoms with Crippen LogP contribution in [0.3, 0.4) is 0 Å². The van der Waals surface area contributed by atoms with Gasteiger partial charge in [-0.1, -0.05) is 37.0 Å². The largest absolute Gasteiger partial charge is 0.481 e. The van der Waals surface area contributed by atoms with Crippen molar-refractivity contribution < 1.29 is 33.1 Å². The molecule has 0 saturated heterocycles. The fourth-order valence-electron chi connectivity index (χ4n) is 3.59. The summed E-state index contributed by atoms with van der Waals surface area (Å²) in [5.41, 5.74) is 2.58. The normalized spacial score (nSPS) is 16.0. The van der Waals surface area contributed by atoms with Gasteiger partial charge in [-0.3, -0.25) is 14.8 Å². The van der Waals surface area contributed by atoms with Gasteiger partial charge >= 0.3 is 0 Å². The number of amides is 2. The second-order valence-corrected chi connectivity index (χ2v) is 9.19. The van der Waals surface area contributed by atoms with Gasteiger partial charge in [-0.25, -0.2) is 13.9 Å². The molecule has 11 heteroatoms. The zero-order chi connectivity index (χ0) is 24.7. The number of para-hydroxylation sites is 1. The highest BCUT2D eigenvalue weighted by Gasteiger charge is 2.41. The Balaban J connectivity index is 1.99. The standard InChI is InChI=1S/C23H25N3O7S/c1-2-22(28)25-16-21(23(29)24-30)26(15-17-7-3-4-8-20(17)25)34(31,32)19-11-9-18(10-12-19)33-14-6-5-13-27/h3-4,7-12,21,27,30H,2,13-16H2,1H3,(H,24,29). The Hall–Kier alpha value is -3.43. The molecule has 0 bridgehead atoms. The van der Waals surface area contributed by atoms with Gasteiger partial charge in [0, 0.05) is 18.7 Å². The molecular weight excluding hydrogens is 462 g/mol. The SMILES string of the molecule is CCC(=O)N1CC(C(=O)NO)N(S(=O)(=O)c2ccc(OCC#CCO)cc2)Cc2ccccc21. The third-order valence-corrected chi connectivity index (χ3v) is 7.14. The number of ether oxygens (including phenoxy) is 1. The molecule has 1 unspecified atom stereocenters. The van der Waals surface area contributed by atoms with Crippen LogP contribution in [0.25, 0.3) is 0 Å². The first-order chi connectivity index (χ1) is 16.3. The highest BCUT2D eigenvalue weighted by atomic mass is 32.2. The number of aliphatic hydroxyl groups excluding tert-OH is 1. The van der Waals surface area contributed by atoms with Gasteiger partial charge in [0.1, 0.15) is 25.0 Å². The number of hydrogen-bond acceptors (Lipinski definition) is 7. The maximum atomic E-state index is 13.6. The number of aliphatic hydroxyl groups is 1. The minimum absolute atomic E-state index is 0.0234. The van der Waals surface area contributed by atoms with Crippen LogP contribution in [0.15, 0.2) is 53.4 Å². The second kappa shape index (κ2) is 11.1. The Bertz CT molecular complexity index is 1200. The lowest BCUT2D eigenvalue weighted by Crippen LogP contribution is -2.53. The fourth-order valence-corrected chi connectivity index (χ4v) is 5.14. The van der Waals surface area contributed by atoms with E-state index < -0.39 is 22.0 Å². The molecule has 1 aliphatic rings. The molecule has 34 heavy (non-hydrogen) atoms. The van der Waals surface area contributed by atoms with Gasteiger partial charge in [0.25, 0.3) is 5.91 Å². The van der Waals surface area contributed by atoms with Crippen molar-refractivity contribution in [3.63, 3.8) is 0 Å². The molecule has 3 N–H and O–H groups in total. The van der Waals surface area contributed by atoms with Gasteiger partial charge in [0.2, 0.25) is 15.9 Å². The number of nitrogens with zero attached hydrogens (tertiary/aromatic N) is 2. The van der Waals surface area contributed by atoms with Crippen LogP contribution in [0, 0.1) is 11.8 Å². The molecule has 1 atom stereocenters. The van der Waals surface area contributed by atoms with E-state index in [0.29, 0.717) is 17.0 Å². The van der Waals surface area contributed by atoms with E-state index in [9.17, 15) is 23.2 Å². The Morgan fingerprint density at radius 1 is 1.15 bits per heavy atom. The Kier molecular flexibility index (Phi) is 8.25. The number of hydrogen-bond donors (Lipinski definition) is 3. The van der Waals surface area contributed by atoms with Crippen molar-refractivity contribution in [3.05, 3.63) is 54.1 Å². The summed E-state index contributed by atoms with van der Waals surface area (Å²) in [6, 6.07) is 11.0. The fraction of sp³-hybridized carbons (Fsp3) is 0.304. The van der Waals surface area contributed by atoms with Crippen molar-refractivity contribution in [2.24, 2.45) is 0 Å². The summed E-state index contributed by atoms with van der Waals surface area (Å²) >= 11 is 0. The van der Waals surface area contributed by atoms with Crippen LogP contribution in [0.2, 0.25) is 0 Å². The molecule has 2 aromatic rings. The average Bonchev–Trinajstić information content (AvgIpc) is 3.04. The van der Waals surface area contributed by atoms with Gasteiger partial charge in [-0.05, 0) is 35.9 Å². The lowest BCUT2D eigenvalue weighted by atomic mass is 10.1. The zero-order valence-corrected chi connectivity index (χ0v) is 19.3. The first-order valence-electron chi connectivity index (χ1n) is 10.5.